The van der Waals surface area contributed by atoms with Gasteiger partial charge in [-0.1, -0.05) is 59.9 Å². The Labute approximate surface area is 169 Å². The van der Waals surface area contributed by atoms with E-state index in [1.54, 1.807) is 31.2 Å². The Bertz CT molecular complexity index is 1310. The Balaban J connectivity index is 2.02. The predicted molar refractivity (Wildman–Crippen MR) is 109 cm³/mol. The molecule has 2 heterocycles. The SMILES string of the molecule is COC(=O)C1=C(C)N=c2s/c(=C/c3ccccc3)c(=O)n2C1c1ccccc1F. The predicted octanol–water partition coefficient (Wildman–Crippen LogP) is 2.55. The van der Waals surface area contributed by atoms with Gasteiger partial charge in [-0.25, -0.2) is 14.2 Å². The normalized spacial score (nSPS) is 16.4. The number of aromatic nitrogens is 1. The standard InChI is InChI=1S/C22H17FN2O3S/c1-13-18(21(27)28-2)19(15-10-6-7-11-16(15)23)25-20(26)17(29-22(25)24-13)12-14-8-4-3-5-9-14/h3-12,19H,1-2H3/b17-12+. The van der Waals surface area contributed by atoms with Crippen LogP contribution in [0.15, 0.2) is 75.7 Å². The Morgan fingerprint density at radius 3 is 2.55 bits per heavy atom. The second-order valence-electron chi connectivity index (χ2n) is 6.51. The Morgan fingerprint density at radius 2 is 1.86 bits per heavy atom. The van der Waals surface area contributed by atoms with Crippen molar-refractivity contribution >= 4 is 23.4 Å². The molecule has 0 spiro atoms. The van der Waals surface area contributed by atoms with Crippen molar-refractivity contribution in [1.29, 1.82) is 0 Å². The van der Waals surface area contributed by atoms with E-state index in [0.29, 0.717) is 15.0 Å². The van der Waals surface area contributed by atoms with E-state index < -0.39 is 17.8 Å². The highest BCUT2D eigenvalue weighted by molar-refractivity contribution is 7.07. The highest BCUT2D eigenvalue weighted by atomic mass is 32.1. The quantitative estimate of drug-likeness (QED) is 0.626. The first kappa shape index (κ1) is 19.0. The molecule has 1 aliphatic heterocycles. The molecule has 29 heavy (non-hydrogen) atoms. The molecule has 0 fully saturated rings. The molecule has 0 saturated carbocycles. The lowest BCUT2D eigenvalue weighted by atomic mass is 9.95. The number of halogens is 1. The van der Waals surface area contributed by atoms with Crippen molar-refractivity contribution < 1.29 is 13.9 Å². The summed E-state index contributed by atoms with van der Waals surface area (Å²) in [6.07, 6.45) is 1.76. The summed E-state index contributed by atoms with van der Waals surface area (Å²) in [6, 6.07) is 14.6. The molecule has 1 aliphatic rings. The maximum atomic E-state index is 14.7. The van der Waals surface area contributed by atoms with Gasteiger partial charge in [-0.05, 0) is 24.6 Å². The van der Waals surface area contributed by atoms with Gasteiger partial charge < -0.3 is 4.74 Å². The van der Waals surface area contributed by atoms with Gasteiger partial charge in [0.25, 0.3) is 5.56 Å². The summed E-state index contributed by atoms with van der Waals surface area (Å²) in [5.74, 6) is -1.15. The summed E-state index contributed by atoms with van der Waals surface area (Å²) in [5, 5.41) is 0. The molecule has 0 amide bonds. The number of nitrogens with zero attached hydrogens (tertiary/aromatic N) is 2. The molecular formula is C22H17FN2O3S. The zero-order chi connectivity index (χ0) is 20.5. The van der Waals surface area contributed by atoms with Crippen LogP contribution in [0.4, 0.5) is 4.39 Å². The van der Waals surface area contributed by atoms with Gasteiger partial charge in [-0.2, -0.15) is 0 Å². The summed E-state index contributed by atoms with van der Waals surface area (Å²) in [7, 11) is 1.25. The number of ether oxygens (including phenoxy) is 1. The topological polar surface area (TPSA) is 60.7 Å². The van der Waals surface area contributed by atoms with Gasteiger partial charge in [0.1, 0.15) is 11.9 Å². The van der Waals surface area contributed by atoms with Crippen LogP contribution in [0, 0.1) is 5.82 Å². The van der Waals surface area contributed by atoms with Crippen LogP contribution in [-0.4, -0.2) is 17.6 Å². The number of hydrogen-bond acceptors (Lipinski definition) is 5. The van der Waals surface area contributed by atoms with Crippen molar-refractivity contribution in [2.45, 2.75) is 13.0 Å². The maximum absolute atomic E-state index is 14.7. The second kappa shape index (κ2) is 7.60. The number of carbonyl (C=O) groups excluding carboxylic acids is 1. The summed E-state index contributed by atoms with van der Waals surface area (Å²) < 4.78 is 21.4. The van der Waals surface area contributed by atoms with Gasteiger partial charge in [0.05, 0.1) is 22.9 Å². The molecule has 0 saturated heterocycles. The molecule has 4 rings (SSSR count). The number of methoxy groups -OCH3 is 1. The highest BCUT2D eigenvalue weighted by Crippen LogP contribution is 2.31. The number of thiazole rings is 1. The number of rotatable bonds is 3. The summed E-state index contributed by atoms with van der Waals surface area (Å²) in [5.41, 5.74) is 1.30. The van der Waals surface area contributed by atoms with Crippen molar-refractivity contribution in [3.8, 4) is 0 Å². The summed E-state index contributed by atoms with van der Waals surface area (Å²) in [4.78, 5) is 30.6. The molecule has 0 aliphatic carbocycles. The van der Waals surface area contributed by atoms with E-state index >= 15 is 0 Å². The van der Waals surface area contributed by atoms with Gasteiger partial charge in [-0.15, -0.1) is 0 Å². The molecule has 0 N–H and O–H groups in total. The lowest BCUT2D eigenvalue weighted by molar-refractivity contribution is -0.136. The van der Waals surface area contributed by atoms with Gasteiger partial charge >= 0.3 is 5.97 Å². The minimum Gasteiger partial charge on any atom is -0.466 e. The van der Waals surface area contributed by atoms with E-state index in [1.165, 1.54) is 29.1 Å². The second-order valence-corrected chi connectivity index (χ2v) is 7.51. The molecule has 2 aromatic carbocycles. The summed E-state index contributed by atoms with van der Waals surface area (Å²) >= 11 is 1.21. The molecule has 0 bridgehead atoms. The van der Waals surface area contributed by atoms with E-state index in [2.05, 4.69) is 4.99 Å². The zero-order valence-electron chi connectivity index (χ0n) is 15.8. The smallest absolute Gasteiger partial charge is 0.338 e. The maximum Gasteiger partial charge on any atom is 0.338 e. The minimum absolute atomic E-state index is 0.149. The Hall–Kier alpha value is -3.32. The summed E-state index contributed by atoms with van der Waals surface area (Å²) in [6.45, 7) is 1.66. The first-order chi connectivity index (χ1) is 14.0. The molecule has 3 aromatic rings. The van der Waals surface area contributed by atoms with E-state index in [0.717, 1.165) is 5.56 Å². The molecule has 5 nitrogen and oxygen atoms in total. The zero-order valence-corrected chi connectivity index (χ0v) is 16.6. The van der Waals surface area contributed by atoms with Crippen LogP contribution in [0.3, 0.4) is 0 Å². The highest BCUT2D eigenvalue weighted by Gasteiger charge is 2.34. The van der Waals surface area contributed by atoms with Crippen LogP contribution >= 0.6 is 11.3 Å². The number of hydrogen-bond donors (Lipinski definition) is 0. The molecule has 1 unspecified atom stereocenters. The van der Waals surface area contributed by atoms with Crippen LogP contribution in [0.1, 0.15) is 24.1 Å². The molecule has 1 aromatic heterocycles. The fourth-order valence-electron chi connectivity index (χ4n) is 3.38. The van der Waals surface area contributed by atoms with Crippen molar-refractivity contribution in [2.24, 2.45) is 4.99 Å². The first-order valence-corrected chi connectivity index (χ1v) is 9.73. The molecule has 1 atom stereocenters. The van der Waals surface area contributed by atoms with Crippen molar-refractivity contribution in [2.75, 3.05) is 7.11 Å². The van der Waals surface area contributed by atoms with Crippen molar-refractivity contribution in [3.63, 3.8) is 0 Å². The lowest BCUT2D eigenvalue weighted by Gasteiger charge is -2.24. The molecule has 7 heteroatoms. The number of allylic oxidation sites excluding steroid dienone is 1. The third kappa shape index (κ3) is 3.34. The monoisotopic (exact) mass is 408 g/mol. The van der Waals surface area contributed by atoms with E-state index in [1.807, 2.05) is 30.3 Å². The first-order valence-electron chi connectivity index (χ1n) is 8.91. The van der Waals surface area contributed by atoms with E-state index in [-0.39, 0.29) is 16.7 Å². The average Bonchev–Trinajstić information content (AvgIpc) is 3.02. The molecule has 146 valence electrons. The van der Waals surface area contributed by atoms with Crippen LogP contribution in [0.2, 0.25) is 0 Å². The number of fused-ring (bicyclic) bond motifs is 1. The van der Waals surface area contributed by atoms with Crippen LogP contribution < -0.4 is 14.9 Å². The van der Waals surface area contributed by atoms with Crippen molar-refractivity contribution in [1.82, 2.24) is 4.57 Å². The van der Waals surface area contributed by atoms with E-state index in [9.17, 15) is 14.0 Å². The fraction of sp³-hybridized carbons (Fsp3) is 0.136. The Kier molecular flexibility index (Phi) is 4.98. The number of carbonyl (C=O) groups is 1. The third-order valence-electron chi connectivity index (χ3n) is 4.72. The number of benzene rings is 2. The third-order valence-corrected chi connectivity index (χ3v) is 5.71. The largest absolute Gasteiger partial charge is 0.466 e. The van der Waals surface area contributed by atoms with Crippen LogP contribution in [0.5, 0.6) is 0 Å². The van der Waals surface area contributed by atoms with Gasteiger partial charge in [-0.3, -0.25) is 9.36 Å². The lowest BCUT2D eigenvalue weighted by Crippen LogP contribution is -2.40. The minimum atomic E-state index is -0.946. The number of esters is 1. The molecular weight excluding hydrogens is 391 g/mol. The van der Waals surface area contributed by atoms with Gasteiger partial charge in [0.2, 0.25) is 0 Å². The van der Waals surface area contributed by atoms with E-state index in [4.69, 9.17) is 4.74 Å². The van der Waals surface area contributed by atoms with Gasteiger partial charge in [0.15, 0.2) is 4.80 Å². The van der Waals surface area contributed by atoms with Crippen molar-refractivity contribution in [3.05, 3.63) is 102 Å². The van der Waals surface area contributed by atoms with Gasteiger partial charge in [0, 0.05) is 5.56 Å². The fourth-order valence-corrected chi connectivity index (χ4v) is 4.43. The molecule has 0 radical (unpaired) electrons. The van der Waals surface area contributed by atoms with Crippen LogP contribution in [-0.2, 0) is 9.53 Å². The average molecular weight is 408 g/mol. The Morgan fingerprint density at radius 1 is 1.17 bits per heavy atom. The van der Waals surface area contributed by atoms with Crippen LogP contribution in [0.25, 0.3) is 6.08 Å².